The molecular weight excluding hydrogens is 348 g/mol. The number of ether oxygens (including phenoxy) is 1. The number of rotatable bonds is 5. The van der Waals surface area contributed by atoms with E-state index in [9.17, 15) is 14.0 Å². The summed E-state index contributed by atoms with van der Waals surface area (Å²) < 4.78 is 19.7. The number of alkyl halides is 1. The number of hydrogen-bond acceptors (Lipinski definition) is 4. The van der Waals surface area contributed by atoms with Crippen LogP contribution in [0.2, 0.25) is 10.0 Å². The van der Waals surface area contributed by atoms with Gasteiger partial charge >= 0.3 is 5.69 Å². The molecule has 9 heteroatoms. The molecule has 124 valence electrons. The van der Waals surface area contributed by atoms with Gasteiger partial charge in [0.15, 0.2) is 0 Å². The molecule has 0 bridgehead atoms. The van der Waals surface area contributed by atoms with E-state index in [2.05, 4.69) is 5.10 Å². The highest BCUT2D eigenvalue weighted by molar-refractivity contribution is 6.36. The minimum Gasteiger partial charge on any atom is -0.489 e. The minimum absolute atomic E-state index is 0.145. The number of hydrogen-bond donors (Lipinski definition) is 0. The van der Waals surface area contributed by atoms with Crippen LogP contribution in [-0.2, 0) is 6.54 Å². The summed E-state index contributed by atoms with van der Waals surface area (Å²) in [6, 6.07) is 2.86. The monoisotopic (exact) mass is 361 g/mol. The summed E-state index contributed by atoms with van der Waals surface area (Å²) in [5.41, 5.74) is -1.30. The lowest BCUT2D eigenvalue weighted by Crippen LogP contribution is -2.40. The van der Waals surface area contributed by atoms with E-state index in [1.54, 1.807) is 0 Å². The molecule has 0 saturated carbocycles. The quantitative estimate of drug-likeness (QED) is 0.820. The van der Waals surface area contributed by atoms with Crippen LogP contribution in [-0.4, -0.2) is 27.1 Å². The Balaban J connectivity index is 2.65. The third-order valence-electron chi connectivity index (χ3n) is 2.86. The van der Waals surface area contributed by atoms with Gasteiger partial charge in [-0.3, -0.25) is 9.36 Å². The SMILES string of the molecule is CC(C)Oc1cc(-n2ncc(=O)n(CCF)c2=O)c(Cl)cc1Cl. The highest BCUT2D eigenvalue weighted by Crippen LogP contribution is 2.33. The van der Waals surface area contributed by atoms with Gasteiger partial charge in [0.2, 0.25) is 0 Å². The molecule has 0 fully saturated rings. The first-order valence-corrected chi connectivity index (χ1v) is 7.52. The molecule has 0 radical (unpaired) electrons. The van der Waals surface area contributed by atoms with E-state index < -0.39 is 17.9 Å². The van der Waals surface area contributed by atoms with Gasteiger partial charge in [-0.05, 0) is 19.9 Å². The van der Waals surface area contributed by atoms with Gasteiger partial charge < -0.3 is 4.74 Å². The maximum Gasteiger partial charge on any atom is 0.352 e. The lowest BCUT2D eigenvalue weighted by Gasteiger charge is -2.15. The van der Waals surface area contributed by atoms with Crippen molar-refractivity contribution in [3.8, 4) is 11.4 Å². The van der Waals surface area contributed by atoms with Crippen molar-refractivity contribution in [1.82, 2.24) is 14.3 Å². The highest BCUT2D eigenvalue weighted by Gasteiger charge is 2.15. The molecule has 0 N–H and O–H groups in total. The molecular formula is C14H14Cl2FN3O3. The molecule has 2 rings (SSSR count). The van der Waals surface area contributed by atoms with Crippen molar-refractivity contribution in [3.63, 3.8) is 0 Å². The fraction of sp³-hybridized carbons (Fsp3) is 0.357. The predicted octanol–water partition coefficient (Wildman–Crippen LogP) is 2.46. The molecule has 1 aromatic carbocycles. The fourth-order valence-corrected chi connectivity index (χ4v) is 2.42. The second kappa shape index (κ2) is 7.14. The number of aromatic nitrogens is 3. The lowest BCUT2D eigenvalue weighted by molar-refractivity contribution is 0.242. The van der Waals surface area contributed by atoms with Crippen molar-refractivity contribution in [2.45, 2.75) is 26.5 Å². The van der Waals surface area contributed by atoms with Gasteiger partial charge in [0.05, 0.1) is 28.4 Å². The summed E-state index contributed by atoms with van der Waals surface area (Å²) in [7, 11) is 0. The first-order valence-electron chi connectivity index (χ1n) is 6.76. The van der Waals surface area contributed by atoms with Crippen molar-refractivity contribution in [1.29, 1.82) is 0 Å². The van der Waals surface area contributed by atoms with Crippen LogP contribution in [0.3, 0.4) is 0 Å². The molecule has 0 aliphatic carbocycles. The highest BCUT2D eigenvalue weighted by atomic mass is 35.5. The summed E-state index contributed by atoms with van der Waals surface area (Å²) in [5.74, 6) is 0.318. The molecule has 0 amide bonds. The summed E-state index contributed by atoms with van der Waals surface area (Å²) in [6.45, 7) is 2.42. The van der Waals surface area contributed by atoms with Gasteiger partial charge in [0.25, 0.3) is 5.56 Å². The van der Waals surface area contributed by atoms with E-state index in [-0.39, 0.29) is 28.4 Å². The molecule has 0 saturated heterocycles. The molecule has 0 unspecified atom stereocenters. The zero-order valence-corrected chi connectivity index (χ0v) is 13.9. The van der Waals surface area contributed by atoms with Crippen LogP contribution in [0.25, 0.3) is 5.69 Å². The summed E-state index contributed by atoms with van der Waals surface area (Å²) in [6.07, 6.45) is 0.775. The Kier molecular flexibility index (Phi) is 5.43. The Morgan fingerprint density at radius 2 is 1.96 bits per heavy atom. The van der Waals surface area contributed by atoms with E-state index in [0.717, 1.165) is 15.4 Å². The molecule has 0 spiro atoms. The Bertz CT molecular complexity index is 833. The van der Waals surface area contributed by atoms with Gasteiger partial charge in [0.1, 0.15) is 18.6 Å². The third kappa shape index (κ3) is 3.73. The van der Waals surface area contributed by atoms with Crippen molar-refractivity contribution >= 4 is 23.2 Å². The standard InChI is InChI=1S/C14H14Cl2FN3O3/c1-8(2)23-12-6-11(9(15)5-10(12)16)20-14(22)19(4-3-17)13(21)7-18-20/h5-8H,3-4H2,1-2H3. The maximum atomic E-state index is 12.5. The van der Waals surface area contributed by atoms with Gasteiger partial charge in [0, 0.05) is 6.07 Å². The van der Waals surface area contributed by atoms with Crippen LogP contribution in [0.1, 0.15) is 13.8 Å². The van der Waals surface area contributed by atoms with Gasteiger partial charge in [-0.15, -0.1) is 0 Å². The smallest absolute Gasteiger partial charge is 0.352 e. The maximum absolute atomic E-state index is 12.5. The number of nitrogens with zero attached hydrogens (tertiary/aromatic N) is 3. The van der Waals surface area contributed by atoms with Crippen LogP contribution in [0.15, 0.2) is 27.9 Å². The molecule has 1 heterocycles. The minimum atomic E-state index is -0.852. The molecule has 0 atom stereocenters. The lowest BCUT2D eigenvalue weighted by atomic mass is 10.3. The summed E-state index contributed by atoms with van der Waals surface area (Å²) >= 11 is 12.2. The zero-order chi connectivity index (χ0) is 17.1. The second-order valence-electron chi connectivity index (χ2n) is 4.92. The number of benzene rings is 1. The topological polar surface area (TPSA) is 66.1 Å². The van der Waals surface area contributed by atoms with Crippen LogP contribution in [0.5, 0.6) is 5.75 Å². The van der Waals surface area contributed by atoms with Gasteiger partial charge in [-0.1, -0.05) is 23.2 Å². The van der Waals surface area contributed by atoms with E-state index in [4.69, 9.17) is 27.9 Å². The van der Waals surface area contributed by atoms with E-state index in [1.165, 1.54) is 12.1 Å². The van der Waals surface area contributed by atoms with Crippen molar-refractivity contribution in [3.05, 3.63) is 49.2 Å². The van der Waals surface area contributed by atoms with Crippen LogP contribution < -0.4 is 16.0 Å². The van der Waals surface area contributed by atoms with Crippen LogP contribution in [0, 0.1) is 0 Å². The Morgan fingerprint density at radius 3 is 2.57 bits per heavy atom. The van der Waals surface area contributed by atoms with Crippen molar-refractivity contribution in [2.75, 3.05) is 6.67 Å². The Labute approximate surface area is 141 Å². The number of halogens is 3. The molecule has 1 aromatic heterocycles. The Hall–Kier alpha value is -1.86. The fourth-order valence-electron chi connectivity index (χ4n) is 1.92. The van der Waals surface area contributed by atoms with E-state index in [1.807, 2.05) is 13.8 Å². The Morgan fingerprint density at radius 1 is 1.26 bits per heavy atom. The van der Waals surface area contributed by atoms with Crippen molar-refractivity contribution in [2.24, 2.45) is 0 Å². The van der Waals surface area contributed by atoms with E-state index in [0.29, 0.717) is 5.75 Å². The molecule has 0 aliphatic rings. The van der Waals surface area contributed by atoms with Crippen LogP contribution in [0.4, 0.5) is 4.39 Å². The van der Waals surface area contributed by atoms with E-state index >= 15 is 0 Å². The molecule has 23 heavy (non-hydrogen) atoms. The van der Waals surface area contributed by atoms with Gasteiger partial charge in [-0.25, -0.2) is 9.18 Å². The first-order chi connectivity index (χ1) is 10.8. The average Bonchev–Trinajstić information content (AvgIpc) is 2.47. The normalized spacial score (nSPS) is 11.0. The van der Waals surface area contributed by atoms with Gasteiger partial charge in [-0.2, -0.15) is 9.78 Å². The summed E-state index contributed by atoms with van der Waals surface area (Å²) in [5, 5.41) is 4.19. The third-order valence-corrected chi connectivity index (χ3v) is 3.46. The molecule has 0 aliphatic heterocycles. The first kappa shape index (κ1) is 17.5. The predicted molar refractivity (Wildman–Crippen MR) is 85.9 cm³/mol. The zero-order valence-electron chi connectivity index (χ0n) is 12.4. The summed E-state index contributed by atoms with van der Waals surface area (Å²) in [4.78, 5) is 23.9. The molecule has 6 nitrogen and oxygen atoms in total. The van der Waals surface area contributed by atoms with Crippen LogP contribution >= 0.6 is 23.2 Å². The largest absolute Gasteiger partial charge is 0.489 e. The second-order valence-corrected chi connectivity index (χ2v) is 5.73. The molecule has 2 aromatic rings. The average molecular weight is 362 g/mol. The van der Waals surface area contributed by atoms with Crippen molar-refractivity contribution < 1.29 is 9.13 Å².